The summed E-state index contributed by atoms with van der Waals surface area (Å²) in [6.07, 6.45) is 1.75. The molecule has 8 heteroatoms. The molecule has 0 amide bonds. The summed E-state index contributed by atoms with van der Waals surface area (Å²) in [6, 6.07) is 3.73. The predicted octanol–water partition coefficient (Wildman–Crippen LogP) is 0.481. The maximum Gasteiger partial charge on any atom is 0.230 e. The molecule has 21 heavy (non-hydrogen) atoms. The summed E-state index contributed by atoms with van der Waals surface area (Å²) < 4.78 is 11.2. The Balaban J connectivity index is 1.49. The molecule has 112 valence electrons. The number of nitrogens with one attached hydrogen (secondary N) is 1. The number of morpholine rings is 1. The summed E-state index contributed by atoms with van der Waals surface area (Å²) in [4.78, 5) is 2.25. The maximum absolute atomic E-state index is 5.75. The number of aryl methyl sites for hydroxylation is 1. The molecular formula is C13H18N6O2. The third-order valence-electron chi connectivity index (χ3n) is 3.23. The van der Waals surface area contributed by atoms with E-state index in [9.17, 15) is 0 Å². The first-order chi connectivity index (χ1) is 10.3. The fourth-order valence-corrected chi connectivity index (χ4v) is 2.25. The highest BCUT2D eigenvalue weighted by Crippen LogP contribution is 2.10. The Morgan fingerprint density at radius 2 is 2.33 bits per heavy atom. The average Bonchev–Trinajstić information content (AvgIpc) is 2.92. The van der Waals surface area contributed by atoms with E-state index < -0.39 is 0 Å². The molecule has 1 aliphatic rings. The second kappa shape index (κ2) is 6.59. The third-order valence-corrected chi connectivity index (χ3v) is 3.23. The fraction of sp³-hybridized carbons (Fsp3) is 0.538. The summed E-state index contributed by atoms with van der Waals surface area (Å²) in [5.41, 5.74) is 0. The van der Waals surface area contributed by atoms with E-state index in [0.717, 1.165) is 18.9 Å². The molecule has 0 unspecified atom stereocenters. The van der Waals surface area contributed by atoms with Crippen LogP contribution in [-0.4, -0.2) is 57.6 Å². The van der Waals surface area contributed by atoms with Crippen molar-refractivity contribution < 1.29 is 9.15 Å². The summed E-state index contributed by atoms with van der Waals surface area (Å²) in [6.45, 7) is 5.52. The number of nitrogens with zero attached hydrogens (tertiary/aromatic N) is 5. The molecule has 0 aromatic carbocycles. The van der Waals surface area contributed by atoms with Gasteiger partial charge in [0.25, 0.3) is 0 Å². The molecule has 1 fully saturated rings. The van der Waals surface area contributed by atoms with Crippen LogP contribution in [0.25, 0.3) is 0 Å². The van der Waals surface area contributed by atoms with Crippen molar-refractivity contribution in [1.29, 1.82) is 0 Å². The number of anilines is 1. The normalized spacial score (nSPS) is 19.6. The Morgan fingerprint density at radius 3 is 3.10 bits per heavy atom. The van der Waals surface area contributed by atoms with E-state index >= 15 is 0 Å². The van der Waals surface area contributed by atoms with E-state index in [1.807, 2.05) is 12.1 Å². The van der Waals surface area contributed by atoms with Crippen LogP contribution in [0, 0.1) is 6.92 Å². The highest BCUT2D eigenvalue weighted by molar-refractivity contribution is 5.31. The Labute approximate surface area is 122 Å². The average molecular weight is 290 g/mol. The van der Waals surface area contributed by atoms with Crippen LogP contribution >= 0.6 is 0 Å². The maximum atomic E-state index is 5.75. The number of ether oxygens (including phenoxy) is 1. The smallest absolute Gasteiger partial charge is 0.230 e. The zero-order valence-corrected chi connectivity index (χ0v) is 11.9. The molecule has 0 bridgehead atoms. The number of hydrogen-bond acceptors (Lipinski definition) is 8. The van der Waals surface area contributed by atoms with Crippen molar-refractivity contribution in [2.24, 2.45) is 0 Å². The van der Waals surface area contributed by atoms with Gasteiger partial charge in [0, 0.05) is 32.8 Å². The highest BCUT2D eigenvalue weighted by atomic mass is 16.5. The lowest BCUT2D eigenvalue weighted by Crippen LogP contribution is -2.44. The van der Waals surface area contributed by atoms with Gasteiger partial charge in [-0.1, -0.05) is 0 Å². The molecule has 3 rings (SSSR count). The monoisotopic (exact) mass is 290 g/mol. The molecule has 3 heterocycles. The summed E-state index contributed by atoms with van der Waals surface area (Å²) >= 11 is 0. The first kappa shape index (κ1) is 13.9. The van der Waals surface area contributed by atoms with Gasteiger partial charge in [0.1, 0.15) is 5.82 Å². The van der Waals surface area contributed by atoms with Gasteiger partial charge in [0.05, 0.1) is 19.3 Å². The fourth-order valence-electron chi connectivity index (χ4n) is 2.25. The van der Waals surface area contributed by atoms with Crippen molar-refractivity contribution >= 4 is 5.82 Å². The highest BCUT2D eigenvalue weighted by Gasteiger charge is 2.22. The first-order valence-corrected chi connectivity index (χ1v) is 6.94. The summed E-state index contributed by atoms with van der Waals surface area (Å²) in [5.74, 6) is 2.00. The third kappa shape index (κ3) is 3.96. The lowest BCUT2D eigenvalue weighted by atomic mass is 10.2. The second-order valence-corrected chi connectivity index (χ2v) is 4.93. The van der Waals surface area contributed by atoms with Crippen LogP contribution in [0.15, 0.2) is 22.7 Å². The molecule has 1 N–H and O–H groups in total. The molecule has 0 radical (unpaired) electrons. The predicted molar refractivity (Wildman–Crippen MR) is 74.6 cm³/mol. The van der Waals surface area contributed by atoms with Crippen molar-refractivity contribution in [3.63, 3.8) is 0 Å². The van der Waals surface area contributed by atoms with Crippen molar-refractivity contribution in [3.8, 4) is 0 Å². The van der Waals surface area contributed by atoms with Gasteiger partial charge in [-0.3, -0.25) is 4.90 Å². The second-order valence-electron chi connectivity index (χ2n) is 4.93. The van der Waals surface area contributed by atoms with Crippen LogP contribution in [0.5, 0.6) is 0 Å². The van der Waals surface area contributed by atoms with Gasteiger partial charge < -0.3 is 14.5 Å². The number of hydrogen-bond donors (Lipinski definition) is 1. The van der Waals surface area contributed by atoms with Crippen LogP contribution in [0.1, 0.15) is 11.8 Å². The minimum atomic E-state index is 0.102. The van der Waals surface area contributed by atoms with E-state index in [0.29, 0.717) is 31.5 Å². The summed E-state index contributed by atoms with van der Waals surface area (Å²) in [5, 5.41) is 18.9. The minimum Gasteiger partial charge on any atom is -0.424 e. The zero-order valence-electron chi connectivity index (χ0n) is 11.9. The van der Waals surface area contributed by atoms with Crippen LogP contribution in [0.3, 0.4) is 0 Å². The molecular weight excluding hydrogens is 272 g/mol. The van der Waals surface area contributed by atoms with Crippen LogP contribution in [0.4, 0.5) is 5.82 Å². The number of aromatic nitrogens is 4. The van der Waals surface area contributed by atoms with Crippen molar-refractivity contribution in [2.75, 3.05) is 31.6 Å². The molecule has 2 aromatic rings. The Hall–Kier alpha value is -2.06. The van der Waals surface area contributed by atoms with Crippen molar-refractivity contribution in [1.82, 2.24) is 25.3 Å². The number of rotatable bonds is 5. The molecule has 0 aliphatic carbocycles. The standard InChI is InChI=1S/C13H18N6O2/c1-10-16-18-13(21-10)9-19-5-6-20-11(8-19)7-14-12-3-2-4-15-17-12/h2-4,11H,5-9H2,1H3,(H,14,17)/t11-/m1/s1. The largest absolute Gasteiger partial charge is 0.424 e. The Bertz CT molecular complexity index is 561. The van der Waals surface area contributed by atoms with Gasteiger partial charge in [-0.05, 0) is 12.1 Å². The van der Waals surface area contributed by atoms with Gasteiger partial charge >= 0.3 is 0 Å². The quantitative estimate of drug-likeness (QED) is 0.850. The van der Waals surface area contributed by atoms with Crippen molar-refractivity contribution in [2.45, 2.75) is 19.6 Å². The van der Waals surface area contributed by atoms with Gasteiger partial charge in [-0.25, -0.2) is 0 Å². The van der Waals surface area contributed by atoms with Crippen LogP contribution in [0.2, 0.25) is 0 Å². The lowest BCUT2D eigenvalue weighted by molar-refractivity contribution is -0.0264. The lowest BCUT2D eigenvalue weighted by Gasteiger charge is -2.32. The van der Waals surface area contributed by atoms with Crippen LogP contribution < -0.4 is 5.32 Å². The van der Waals surface area contributed by atoms with E-state index in [-0.39, 0.29) is 6.10 Å². The Morgan fingerprint density at radius 1 is 1.38 bits per heavy atom. The molecule has 2 aromatic heterocycles. The van der Waals surface area contributed by atoms with E-state index in [2.05, 4.69) is 30.6 Å². The van der Waals surface area contributed by atoms with Crippen LogP contribution in [-0.2, 0) is 11.3 Å². The summed E-state index contributed by atoms with van der Waals surface area (Å²) in [7, 11) is 0. The molecule has 8 nitrogen and oxygen atoms in total. The zero-order chi connectivity index (χ0) is 14.5. The van der Waals surface area contributed by atoms with Gasteiger partial charge in [-0.2, -0.15) is 5.10 Å². The van der Waals surface area contributed by atoms with E-state index in [1.165, 1.54) is 0 Å². The molecule has 1 saturated heterocycles. The van der Waals surface area contributed by atoms with Gasteiger partial charge in [0.2, 0.25) is 11.8 Å². The Kier molecular flexibility index (Phi) is 4.37. The van der Waals surface area contributed by atoms with Gasteiger partial charge in [0.15, 0.2) is 0 Å². The first-order valence-electron chi connectivity index (χ1n) is 6.94. The molecule has 1 atom stereocenters. The molecule has 0 spiro atoms. The topological polar surface area (TPSA) is 89.2 Å². The van der Waals surface area contributed by atoms with E-state index in [4.69, 9.17) is 9.15 Å². The molecule has 1 aliphatic heterocycles. The SMILES string of the molecule is Cc1nnc(CN2CCO[C@H](CNc3cccnn3)C2)o1. The van der Waals surface area contributed by atoms with E-state index in [1.54, 1.807) is 13.1 Å². The molecule has 0 saturated carbocycles. The minimum absolute atomic E-state index is 0.102. The van der Waals surface area contributed by atoms with Crippen molar-refractivity contribution in [3.05, 3.63) is 30.1 Å². The van der Waals surface area contributed by atoms with Gasteiger partial charge in [-0.15, -0.1) is 15.3 Å².